The molecule has 2 aromatic rings. The number of rotatable bonds is 6. The minimum atomic E-state index is -4.37. The highest BCUT2D eigenvalue weighted by Gasteiger charge is 2.30. The topological polar surface area (TPSA) is 50.1 Å². The summed E-state index contributed by atoms with van der Waals surface area (Å²) < 4.78 is 39.4. The van der Waals surface area contributed by atoms with Gasteiger partial charge < -0.3 is 10.4 Å². The van der Waals surface area contributed by atoms with Crippen LogP contribution in [0.1, 0.15) is 37.1 Å². The Morgan fingerprint density at radius 3 is 2.39 bits per heavy atom. The van der Waals surface area contributed by atoms with Crippen molar-refractivity contribution < 1.29 is 18.3 Å². The first-order valence-electron chi connectivity index (χ1n) is 7.36. The van der Waals surface area contributed by atoms with Gasteiger partial charge in [-0.15, -0.1) is 0 Å². The van der Waals surface area contributed by atoms with E-state index in [0.29, 0.717) is 5.56 Å². The molecule has 0 aliphatic rings. The Morgan fingerprint density at radius 1 is 1.22 bits per heavy atom. The van der Waals surface area contributed by atoms with Crippen LogP contribution in [0.15, 0.2) is 42.7 Å². The van der Waals surface area contributed by atoms with E-state index in [1.54, 1.807) is 6.20 Å². The molecule has 1 aromatic heterocycles. The number of halogens is 3. The average molecular weight is 327 g/mol. The highest BCUT2D eigenvalue weighted by atomic mass is 19.4. The number of hydrogen-bond acceptors (Lipinski definition) is 3. The lowest BCUT2D eigenvalue weighted by atomic mass is 10.1. The van der Waals surface area contributed by atoms with Crippen LogP contribution in [0.3, 0.4) is 0 Å². The van der Waals surface area contributed by atoms with Gasteiger partial charge in [0.25, 0.3) is 0 Å². The summed E-state index contributed by atoms with van der Waals surface area (Å²) in [5.74, 6) is 0. The summed E-state index contributed by atoms with van der Waals surface area (Å²) in [5, 5.41) is 17.5. The molecule has 0 spiro atoms. The maximum atomic E-state index is 12.5. The Kier molecular flexibility index (Phi) is 5.43. The molecule has 126 valence electrons. The fourth-order valence-electron chi connectivity index (χ4n) is 2.23. The first-order chi connectivity index (χ1) is 10.8. The Labute approximate surface area is 132 Å². The average Bonchev–Trinajstić information content (AvgIpc) is 3.05. The molecule has 0 aliphatic heterocycles. The van der Waals surface area contributed by atoms with Crippen LogP contribution in [0, 0.1) is 0 Å². The summed E-state index contributed by atoms with van der Waals surface area (Å²) >= 11 is 0. The van der Waals surface area contributed by atoms with E-state index in [1.165, 1.54) is 12.1 Å². The molecule has 0 bridgehead atoms. The number of aliphatic hydroxyl groups excluding tert-OH is 1. The second-order valence-corrected chi connectivity index (χ2v) is 5.56. The maximum absolute atomic E-state index is 12.5. The fourth-order valence-corrected chi connectivity index (χ4v) is 2.23. The molecule has 4 nitrogen and oxygen atoms in total. The van der Waals surface area contributed by atoms with Crippen molar-refractivity contribution in [2.24, 2.45) is 0 Å². The molecule has 0 aliphatic carbocycles. The normalized spacial score (nSPS) is 16.1. The van der Waals surface area contributed by atoms with E-state index in [9.17, 15) is 18.3 Å². The molecule has 2 N–H and O–H groups in total. The lowest BCUT2D eigenvalue weighted by molar-refractivity contribution is -0.137. The molecule has 1 aromatic carbocycles. The van der Waals surface area contributed by atoms with Crippen LogP contribution in [0.25, 0.3) is 0 Å². The molecule has 3 atom stereocenters. The van der Waals surface area contributed by atoms with E-state index in [-0.39, 0.29) is 18.6 Å². The monoisotopic (exact) mass is 327 g/mol. The van der Waals surface area contributed by atoms with Gasteiger partial charge in [0, 0.05) is 25.0 Å². The molecule has 0 saturated carbocycles. The number of nitrogens with zero attached hydrogens (tertiary/aromatic N) is 2. The third kappa shape index (κ3) is 4.56. The third-order valence-electron chi connectivity index (χ3n) is 3.92. The van der Waals surface area contributed by atoms with Crippen molar-refractivity contribution in [3.8, 4) is 0 Å². The van der Waals surface area contributed by atoms with Gasteiger partial charge >= 0.3 is 6.18 Å². The van der Waals surface area contributed by atoms with Crippen molar-refractivity contribution >= 4 is 0 Å². The summed E-state index contributed by atoms with van der Waals surface area (Å²) in [6.07, 6.45) is -1.69. The molecular formula is C16H20F3N3O. The predicted octanol–water partition coefficient (Wildman–Crippen LogP) is 3.17. The number of hydrogen-bond donors (Lipinski definition) is 2. The van der Waals surface area contributed by atoms with Crippen molar-refractivity contribution in [1.82, 2.24) is 15.1 Å². The number of aliphatic hydroxyl groups is 1. The molecule has 0 radical (unpaired) electrons. The smallest absolute Gasteiger partial charge is 0.387 e. The van der Waals surface area contributed by atoms with Crippen molar-refractivity contribution in [3.05, 3.63) is 53.9 Å². The molecule has 23 heavy (non-hydrogen) atoms. The van der Waals surface area contributed by atoms with Crippen LogP contribution < -0.4 is 5.32 Å². The molecule has 7 heteroatoms. The van der Waals surface area contributed by atoms with E-state index in [1.807, 2.05) is 30.8 Å². The first kappa shape index (κ1) is 17.5. The van der Waals surface area contributed by atoms with E-state index < -0.39 is 17.8 Å². The van der Waals surface area contributed by atoms with Gasteiger partial charge in [0.2, 0.25) is 0 Å². The van der Waals surface area contributed by atoms with Gasteiger partial charge in [-0.05, 0) is 37.6 Å². The van der Waals surface area contributed by atoms with Crippen LogP contribution in [0.4, 0.5) is 13.2 Å². The summed E-state index contributed by atoms with van der Waals surface area (Å²) in [5.41, 5.74) is -0.272. The van der Waals surface area contributed by atoms with Gasteiger partial charge in [-0.2, -0.15) is 18.3 Å². The van der Waals surface area contributed by atoms with Crippen LogP contribution in [0.5, 0.6) is 0 Å². The summed E-state index contributed by atoms with van der Waals surface area (Å²) in [6.45, 7) is 4.21. The Hall–Kier alpha value is -1.86. The number of benzene rings is 1. The third-order valence-corrected chi connectivity index (χ3v) is 3.92. The Balaban J connectivity index is 1.90. The second kappa shape index (κ2) is 7.14. The molecule has 1 heterocycles. The SMILES string of the molecule is C[C@H](NC[C@H](O)c1ccc(C(F)(F)F)cc1)[C@@H](C)n1cccn1. The van der Waals surface area contributed by atoms with Crippen molar-refractivity contribution in [2.45, 2.75) is 38.2 Å². The van der Waals surface area contributed by atoms with Crippen LogP contribution >= 0.6 is 0 Å². The fraction of sp³-hybridized carbons (Fsp3) is 0.438. The maximum Gasteiger partial charge on any atom is 0.416 e. The highest BCUT2D eigenvalue weighted by molar-refractivity contribution is 5.26. The van der Waals surface area contributed by atoms with Crippen LogP contribution in [-0.4, -0.2) is 27.5 Å². The van der Waals surface area contributed by atoms with Crippen molar-refractivity contribution in [1.29, 1.82) is 0 Å². The van der Waals surface area contributed by atoms with Crippen molar-refractivity contribution in [3.63, 3.8) is 0 Å². The van der Waals surface area contributed by atoms with Gasteiger partial charge in [0.05, 0.1) is 17.7 Å². The Bertz CT molecular complexity index is 596. The van der Waals surface area contributed by atoms with Crippen molar-refractivity contribution in [2.75, 3.05) is 6.54 Å². The minimum absolute atomic E-state index is 0.0407. The molecule has 0 unspecified atom stereocenters. The quantitative estimate of drug-likeness (QED) is 0.857. The van der Waals surface area contributed by atoms with E-state index in [0.717, 1.165) is 12.1 Å². The van der Waals surface area contributed by atoms with Crippen LogP contribution in [-0.2, 0) is 6.18 Å². The molecule has 0 saturated heterocycles. The second-order valence-electron chi connectivity index (χ2n) is 5.56. The van der Waals surface area contributed by atoms with Gasteiger partial charge in [-0.25, -0.2) is 0 Å². The largest absolute Gasteiger partial charge is 0.416 e. The van der Waals surface area contributed by atoms with E-state index in [4.69, 9.17) is 0 Å². The highest BCUT2D eigenvalue weighted by Crippen LogP contribution is 2.29. The predicted molar refractivity (Wildman–Crippen MR) is 80.8 cm³/mol. The Morgan fingerprint density at radius 2 is 1.87 bits per heavy atom. The zero-order valence-corrected chi connectivity index (χ0v) is 13.0. The van der Waals surface area contributed by atoms with Gasteiger partial charge in [0.15, 0.2) is 0 Å². The standard InChI is InChI=1S/C16H20F3N3O/c1-11(12(2)22-9-3-8-21-22)20-10-15(23)13-4-6-14(7-5-13)16(17,18)19/h3-9,11-12,15,20,23H,10H2,1-2H3/t11-,12+,15-/m0/s1. The van der Waals surface area contributed by atoms with E-state index >= 15 is 0 Å². The minimum Gasteiger partial charge on any atom is -0.387 e. The summed E-state index contributed by atoms with van der Waals surface area (Å²) in [7, 11) is 0. The van der Waals surface area contributed by atoms with Gasteiger partial charge in [-0.1, -0.05) is 12.1 Å². The van der Waals surface area contributed by atoms with Gasteiger partial charge in [0.1, 0.15) is 0 Å². The summed E-state index contributed by atoms with van der Waals surface area (Å²) in [6, 6.07) is 6.53. The summed E-state index contributed by atoms with van der Waals surface area (Å²) in [4.78, 5) is 0. The zero-order valence-electron chi connectivity index (χ0n) is 13.0. The molecule has 0 amide bonds. The number of alkyl halides is 3. The first-order valence-corrected chi connectivity index (χ1v) is 7.36. The number of nitrogens with one attached hydrogen (secondary N) is 1. The lowest BCUT2D eigenvalue weighted by Gasteiger charge is -2.23. The molecule has 0 fully saturated rings. The molecular weight excluding hydrogens is 307 g/mol. The van der Waals surface area contributed by atoms with E-state index in [2.05, 4.69) is 10.4 Å². The molecule has 2 rings (SSSR count). The zero-order chi connectivity index (χ0) is 17.0. The van der Waals surface area contributed by atoms with Gasteiger partial charge in [-0.3, -0.25) is 4.68 Å². The number of aromatic nitrogens is 2. The van der Waals surface area contributed by atoms with Crippen LogP contribution in [0.2, 0.25) is 0 Å². The lowest BCUT2D eigenvalue weighted by Crippen LogP contribution is -2.36.